The van der Waals surface area contributed by atoms with Crippen LogP contribution >= 0.6 is 0 Å². The Morgan fingerprint density at radius 1 is 1.08 bits per heavy atom. The van der Waals surface area contributed by atoms with E-state index in [9.17, 15) is 14.4 Å². The van der Waals surface area contributed by atoms with Gasteiger partial charge in [-0.2, -0.15) is 0 Å². The van der Waals surface area contributed by atoms with Crippen molar-refractivity contribution >= 4 is 23.5 Å². The summed E-state index contributed by atoms with van der Waals surface area (Å²) in [6, 6.07) is 15.0. The molecule has 0 radical (unpaired) electrons. The third-order valence-corrected chi connectivity index (χ3v) is 6.81. The van der Waals surface area contributed by atoms with E-state index in [1.165, 1.54) is 0 Å². The lowest BCUT2D eigenvalue weighted by atomic mass is 9.89. The van der Waals surface area contributed by atoms with Gasteiger partial charge in [-0.25, -0.2) is 4.79 Å². The highest BCUT2D eigenvalue weighted by Gasteiger charge is 2.25. The quantitative estimate of drug-likeness (QED) is 0.513. The van der Waals surface area contributed by atoms with E-state index in [2.05, 4.69) is 10.6 Å². The fourth-order valence-electron chi connectivity index (χ4n) is 4.89. The molecule has 0 unspecified atom stereocenters. The van der Waals surface area contributed by atoms with E-state index in [1.54, 1.807) is 0 Å². The standard InChI is InChI=1S/C28H36N4O4/c1-2-36-25-13-11-24(12-14-25)30-28(35)32-17-4-9-23(20-32)21-7-3-8-22(19-21)27(34)29-15-6-18-31-16-5-10-26(31)33/h3,7-8,11-14,19,23H,2,4-6,9-10,15-18,20H2,1H3,(H,29,34)(H,30,35)/t23-/m1/s1. The zero-order chi connectivity index (χ0) is 25.3. The molecule has 4 rings (SSSR count). The first kappa shape index (κ1) is 25.5. The molecule has 0 spiro atoms. The summed E-state index contributed by atoms with van der Waals surface area (Å²) in [6.45, 7) is 5.91. The van der Waals surface area contributed by atoms with E-state index >= 15 is 0 Å². The molecule has 2 aromatic carbocycles. The Labute approximate surface area is 213 Å². The summed E-state index contributed by atoms with van der Waals surface area (Å²) < 4.78 is 5.46. The number of nitrogens with zero attached hydrogens (tertiary/aromatic N) is 2. The van der Waals surface area contributed by atoms with Crippen molar-refractivity contribution in [1.29, 1.82) is 0 Å². The molecule has 2 fully saturated rings. The summed E-state index contributed by atoms with van der Waals surface area (Å²) in [5, 5.41) is 5.95. The van der Waals surface area contributed by atoms with Gasteiger partial charge in [0.15, 0.2) is 0 Å². The molecule has 2 aliphatic rings. The molecule has 0 aromatic heterocycles. The van der Waals surface area contributed by atoms with Crippen molar-refractivity contribution in [3.05, 3.63) is 59.7 Å². The van der Waals surface area contributed by atoms with Crippen molar-refractivity contribution in [2.24, 2.45) is 0 Å². The summed E-state index contributed by atoms with van der Waals surface area (Å²) in [5.41, 5.74) is 2.43. The predicted molar refractivity (Wildman–Crippen MR) is 139 cm³/mol. The number of hydrogen-bond acceptors (Lipinski definition) is 4. The SMILES string of the molecule is CCOc1ccc(NC(=O)N2CCC[C@@H](c3cccc(C(=O)NCCCN4CCCC4=O)c3)C2)cc1. The molecule has 8 heteroatoms. The minimum absolute atomic E-state index is 0.106. The summed E-state index contributed by atoms with van der Waals surface area (Å²) >= 11 is 0. The number of anilines is 1. The van der Waals surface area contributed by atoms with E-state index in [1.807, 2.05) is 65.3 Å². The second-order valence-electron chi connectivity index (χ2n) is 9.39. The number of carbonyl (C=O) groups is 3. The number of likely N-dealkylation sites (tertiary alicyclic amines) is 2. The van der Waals surface area contributed by atoms with Crippen LogP contribution in [0.2, 0.25) is 0 Å². The van der Waals surface area contributed by atoms with Gasteiger partial charge in [0.05, 0.1) is 6.61 Å². The maximum absolute atomic E-state index is 12.9. The van der Waals surface area contributed by atoms with Gasteiger partial charge in [0.25, 0.3) is 5.91 Å². The van der Waals surface area contributed by atoms with Crippen molar-refractivity contribution in [2.45, 2.75) is 44.9 Å². The van der Waals surface area contributed by atoms with Crippen LogP contribution in [0.5, 0.6) is 5.75 Å². The zero-order valence-corrected chi connectivity index (χ0v) is 21.0. The Balaban J connectivity index is 1.28. The maximum atomic E-state index is 12.9. The van der Waals surface area contributed by atoms with Gasteiger partial charge in [0, 0.05) is 56.3 Å². The number of ether oxygens (including phenoxy) is 1. The van der Waals surface area contributed by atoms with Gasteiger partial charge >= 0.3 is 6.03 Å². The summed E-state index contributed by atoms with van der Waals surface area (Å²) in [6.07, 6.45) is 4.20. The average Bonchev–Trinajstić information content (AvgIpc) is 3.32. The van der Waals surface area contributed by atoms with Gasteiger partial charge in [-0.05, 0) is 74.6 Å². The summed E-state index contributed by atoms with van der Waals surface area (Å²) in [5.74, 6) is 1.06. The highest BCUT2D eigenvalue weighted by molar-refractivity contribution is 5.94. The predicted octanol–water partition coefficient (Wildman–Crippen LogP) is 4.24. The number of carbonyl (C=O) groups excluding carboxylic acids is 3. The van der Waals surface area contributed by atoms with E-state index in [-0.39, 0.29) is 23.8 Å². The number of hydrogen-bond donors (Lipinski definition) is 2. The lowest BCUT2D eigenvalue weighted by Crippen LogP contribution is -2.41. The molecule has 0 aliphatic carbocycles. The van der Waals surface area contributed by atoms with Crippen LogP contribution in [0.15, 0.2) is 48.5 Å². The van der Waals surface area contributed by atoms with Crippen LogP contribution in [-0.2, 0) is 4.79 Å². The molecule has 8 nitrogen and oxygen atoms in total. The molecule has 2 saturated heterocycles. The van der Waals surface area contributed by atoms with Crippen molar-refractivity contribution in [1.82, 2.24) is 15.1 Å². The highest BCUT2D eigenvalue weighted by Crippen LogP contribution is 2.28. The summed E-state index contributed by atoms with van der Waals surface area (Å²) in [4.78, 5) is 41.0. The number of amides is 4. The van der Waals surface area contributed by atoms with Gasteiger partial charge in [0.2, 0.25) is 5.91 Å². The molecular formula is C28H36N4O4. The molecule has 2 aromatic rings. The molecule has 2 N–H and O–H groups in total. The number of nitrogens with one attached hydrogen (secondary N) is 2. The molecule has 4 amide bonds. The van der Waals surface area contributed by atoms with Crippen molar-refractivity contribution in [3.63, 3.8) is 0 Å². The third kappa shape index (κ3) is 6.77. The Kier molecular flexibility index (Phi) is 8.81. The molecule has 0 bridgehead atoms. The van der Waals surface area contributed by atoms with Crippen molar-refractivity contribution in [3.8, 4) is 5.75 Å². The Morgan fingerprint density at radius 2 is 1.92 bits per heavy atom. The first-order valence-electron chi connectivity index (χ1n) is 13.0. The van der Waals surface area contributed by atoms with Crippen LogP contribution in [0.1, 0.15) is 60.9 Å². The van der Waals surface area contributed by atoms with Gasteiger partial charge in [-0.1, -0.05) is 12.1 Å². The van der Waals surface area contributed by atoms with Crippen molar-refractivity contribution in [2.75, 3.05) is 44.6 Å². The number of benzene rings is 2. The smallest absolute Gasteiger partial charge is 0.321 e. The fourth-order valence-corrected chi connectivity index (χ4v) is 4.89. The summed E-state index contributed by atoms with van der Waals surface area (Å²) in [7, 11) is 0. The molecule has 2 aliphatic heterocycles. The number of urea groups is 1. The monoisotopic (exact) mass is 492 g/mol. The van der Waals surface area contributed by atoms with Gasteiger partial charge in [-0.15, -0.1) is 0 Å². The van der Waals surface area contributed by atoms with E-state index in [0.717, 1.165) is 49.2 Å². The second kappa shape index (κ2) is 12.4. The largest absolute Gasteiger partial charge is 0.494 e. The molecule has 1 atom stereocenters. The van der Waals surface area contributed by atoms with Gasteiger partial charge in [0.1, 0.15) is 5.75 Å². The lowest BCUT2D eigenvalue weighted by molar-refractivity contribution is -0.127. The number of rotatable bonds is 9. The molecular weight excluding hydrogens is 456 g/mol. The van der Waals surface area contributed by atoms with Crippen LogP contribution in [-0.4, -0.2) is 67.0 Å². The number of piperidine rings is 1. The van der Waals surface area contributed by atoms with Crippen LogP contribution < -0.4 is 15.4 Å². The van der Waals surface area contributed by atoms with Crippen LogP contribution in [0.25, 0.3) is 0 Å². The van der Waals surface area contributed by atoms with E-state index in [4.69, 9.17) is 4.74 Å². The third-order valence-electron chi connectivity index (χ3n) is 6.81. The second-order valence-corrected chi connectivity index (χ2v) is 9.39. The Hall–Kier alpha value is -3.55. The zero-order valence-electron chi connectivity index (χ0n) is 21.0. The fraction of sp³-hybridized carbons (Fsp3) is 0.464. The van der Waals surface area contributed by atoms with Crippen LogP contribution in [0.3, 0.4) is 0 Å². The van der Waals surface area contributed by atoms with Gasteiger partial charge in [-0.3, -0.25) is 9.59 Å². The normalized spacial score (nSPS) is 17.7. The van der Waals surface area contributed by atoms with Crippen LogP contribution in [0, 0.1) is 0 Å². The Morgan fingerprint density at radius 3 is 2.67 bits per heavy atom. The first-order chi connectivity index (χ1) is 17.5. The topological polar surface area (TPSA) is 91.0 Å². The van der Waals surface area contributed by atoms with E-state index < -0.39 is 0 Å². The lowest BCUT2D eigenvalue weighted by Gasteiger charge is -2.33. The molecule has 0 saturated carbocycles. The highest BCUT2D eigenvalue weighted by atomic mass is 16.5. The van der Waals surface area contributed by atoms with Gasteiger partial charge < -0.3 is 25.2 Å². The minimum atomic E-state index is -0.116. The van der Waals surface area contributed by atoms with E-state index in [0.29, 0.717) is 44.8 Å². The minimum Gasteiger partial charge on any atom is -0.494 e. The van der Waals surface area contributed by atoms with Crippen molar-refractivity contribution < 1.29 is 19.1 Å². The maximum Gasteiger partial charge on any atom is 0.321 e. The molecule has 2 heterocycles. The first-order valence-corrected chi connectivity index (χ1v) is 13.0. The Bertz CT molecular complexity index is 1060. The molecule has 192 valence electrons. The average molecular weight is 493 g/mol. The van der Waals surface area contributed by atoms with Crippen LogP contribution in [0.4, 0.5) is 10.5 Å². The molecule has 36 heavy (non-hydrogen) atoms.